The van der Waals surface area contributed by atoms with Crippen molar-refractivity contribution in [3.63, 3.8) is 0 Å². The Morgan fingerprint density at radius 2 is 2.00 bits per heavy atom. The predicted molar refractivity (Wildman–Crippen MR) is 66.8 cm³/mol. The number of hydrogen-bond acceptors (Lipinski definition) is 0. The molecule has 2 aliphatic carbocycles. The third-order valence-corrected chi connectivity index (χ3v) is 3.95. The molecule has 1 unspecified atom stereocenters. The van der Waals surface area contributed by atoms with Crippen LogP contribution in [-0.4, -0.2) is 0 Å². The Labute approximate surface area is 94.5 Å². The standard InChI is InChI=1S/C15H24/c1-13-6-5-9-15(12-13)11-10-14-7-3-2-4-8-14/h5-6,9,13-14H,2-4,7-8,10-12H2,1H3. The summed E-state index contributed by atoms with van der Waals surface area (Å²) < 4.78 is 0. The summed E-state index contributed by atoms with van der Waals surface area (Å²) in [6, 6.07) is 0. The van der Waals surface area contributed by atoms with E-state index in [1.165, 1.54) is 51.4 Å². The SMILES string of the molecule is CC1C=CC=C(CCC2CCCCC2)C1. The van der Waals surface area contributed by atoms with Crippen molar-refractivity contribution < 1.29 is 0 Å². The summed E-state index contributed by atoms with van der Waals surface area (Å²) in [5, 5.41) is 0. The van der Waals surface area contributed by atoms with Crippen LogP contribution < -0.4 is 0 Å². The maximum atomic E-state index is 2.35. The van der Waals surface area contributed by atoms with Gasteiger partial charge in [-0.3, -0.25) is 0 Å². The van der Waals surface area contributed by atoms with E-state index >= 15 is 0 Å². The molecule has 0 aromatic heterocycles. The van der Waals surface area contributed by atoms with Gasteiger partial charge in [-0.2, -0.15) is 0 Å². The highest BCUT2D eigenvalue weighted by Crippen LogP contribution is 2.30. The molecule has 1 fully saturated rings. The Kier molecular flexibility index (Phi) is 4.05. The summed E-state index contributed by atoms with van der Waals surface area (Å²) in [6.45, 7) is 2.32. The van der Waals surface area contributed by atoms with Crippen molar-refractivity contribution in [2.45, 2.75) is 58.3 Å². The Balaban J connectivity index is 1.72. The van der Waals surface area contributed by atoms with E-state index in [2.05, 4.69) is 25.2 Å². The molecule has 0 heteroatoms. The van der Waals surface area contributed by atoms with Gasteiger partial charge in [-0.25, -0.2) is 0 Å². The zero-order valence-electron chi connectivity index (χ0n) is 10.0. The first-order valence-electron chi connectivity index (χ1n) is 6.71. The summed E-state index contributed by atoms with van der Waals surface area (Å²) in [4.78, 5) is 0. The second-order valence-electron chi connectivity index (χ2n) is 5.43. The lowest BCUT2D eigenvalue weighted by atomic mass is 9.83. The zero-order chi connectivity index (χ0) is 10.5. The van der Waals surface area contributed by atoms with Crippen molar-refractivity contribution in [3.8, 4) is 0 Å². The fourth-order valence-corrected chi connectivity index (χ4v) is 2.98. The van der Waals surface area contributed by atoms with E-state index in [-0.39, 0.29) is 0 Å². The average Bonchev–Trinajstić information content (AvgIpc) is 2.28. The lowest BCUT2D eigenvalue weighted by Crippen LogP contribution is -2.07. The fraction of sp³-hybridized carbons (Fsp3) is 0.733. The Hall–Kier alpha value is -0.520. The van der Waals surface area contributed by atoms with Crippen LogP contribution in [0.15, 0.2) is 23.8 Å². The molecule has 15 heavy (non-hydrogen) atoms. The van der Waals surface area contributed by atoms with Crippen molar-refractivity contribution >= 4 is 0 Å². The smallest absolute Gasteiger partial charge is 0.0221 e. The van der Waals surface area contributed by atoms with E-state index in [0.717, 1.165) is 11.8 Å². The monoisotopic (exact) mass is 204 g/mol. The summed E-state index contributed by atoms with van der Waals surface area (Å²) in [5.41, 5.74) is 1.69. The zero-order valence-corrected chi connectivity index (χ0v) is 10.0. The largest absolute Gasteiger partial charge is 0.0814 e. The lowest BCUT2D eigenvalue weighted by molar-refractivity contribution is 0.337. The molecule has 0 bridgehead atoms. The average molecular weight is 204 g/mol. The maximum absolute atomic E-state index is 2.35. The highest BCUT2D eigenvalue weighted by molar-refractivity contribution is 5.19. The molecule has 0 aromatic rings. The molecule has 0 spiro atoms. The third kappa shape index (κ3) is 3.52. The number of hydrogen-bond donors (Lipinski definition) is 0. The van der Waals surface area contributed by atoms with E-state index in [9.17, 15) is 0 Å². The van der Waals surface area contributed by atoms with Gasteiger partial charge in [0.1, 0.15) is 0 Å². The molecule has 1 saturated carbocycles. The van der Waals surface area contributed by atoms with Crippen molar-refractivity contribution in [1.82, 2.24) is 0 Å². The van der Waals surface area contributed by atoms with Crippen LogP contribution in [0.3, 0.4) is 0 Å². The van der Waals surface area contributed by atoms with Gasteiger partial charge in [0, 0.05) is 0 Å². The van der Waals surface area contributed by atoms with Crippen LogP contribution in [0.1, 0.15) is 58.3 Å². The molecule has 0 radical (unpaired) electrons. The second-order valence-corrected chi connectivity index (χ2v) is 5.43. The van der Waals surface area contributed by atoms with Crippen LogP contribution >= 0.6 is 0 Å². The van der Waals surface area contributed by atoms with Crippen molar-refractivity contribution in [3.05, 3.63) is 23.8 Å². The van der Waals surface area contributed by atoms with E-state index < -0.39 is 0 Å². The second kappa shape index (κ2) is 5.53. The minimum Gasteiger partial charge on any atom is -0.0814 e. The van der Waals surface area contributed by atoms with Crippen LogP contribution in [0, 0.1) is 11.8 Å². The van der Waals surface area contributed by atoms with E-state index in [4.69, 9.17) is 0 Å². The lowest BCUT2D eigenvalue weighted by Gasteiger charge is -2.23. The maximum Gasteiger partial charge on any atom is -0.0221 e. The molecule has 0 aliphatic heterocycles. The summed E-state index contributed by atoms with van der Waals surface area (Å²) in [7, 11) is 0. The van der Waals surface area contributed by atoms with Crippen LogP contribution in [0.2, 0.25) is 0 Å². The van der Waals surface area contributed by atoms with Crippen LogP contribution in [-0.2, 0) is 0 Å². The van der Waals surface area contributed by atoms with Crippen molar-refractivity contribution in [2.75, 3.05) is 0 Å². The Morgan fingerprint density at radius 3 is 2.73 bits per heavy atom. The molecular formula is C15H24. The van der Waals surface area contributed by atoms with Crippen LogP contribution in [0.4, 0.5) is 0 Å². The number of allylic oxidation sites excluding steroid dienone is 4. The van der Waals surface area contributed by atoms with Gasteiger partial charge in [0.2, 0.25) is 0 Å². The molecule has 0 N–H and O–H groups in total. The molecule has 0 heterocycles. The molecule has 2 aliphatic rings. The normalized spacial score (nSPS) is 27.8. The summed E-state index contributed by atoms with van der Waals surface area (Å²) in [5.74, 6) is 1.82. The van der Waals surface area contributed by atoms with Gasteiger partial charge in [0.15, 0.2) is 0 Å². The topological polar surface area (TPSA) is 0 Å². The van der Waals surface area contributed by atoms with Gasteiger partial charge in [0.25, 0.3) is 0 Å². The van der Waals surface area contributed by atoms with Crippen LogP contribution in [0.5, 0.6) is 0 Å². The van der Waals surface area contributed by atoms with E-state index in [1.54, 1.807) is 5.57 Å². The quantitative estimate of drug-likeness (QED) is 0.615. The molecule has 84 valence electrons. The fourth-order valence-electron chi connectivity index (χ4n) is 2.98. The van der Waals surface area contributed by atoms with Gasteiger partial charge in [-0.05, 0) is 31.1 Å². The first kappa shape index (κ1) is 11.0. The highest BCUT2D eigenvalue weighted by atomic mass is 14.2. The first-order valence-corrected chi connectivity index (χ1v) is 6.71. The number of rotatable bonds is 3. The van der Waals surface area contributed by atoms with Gasteiger partial charge < -0.3 is 0 Å². The predicted octanol–water partition coefficient (Wildman–Crippen LogP) is 4.87. The van der Waals surface area contributed by atoms with Gasteiger partial charge in [0.05, 0.1) is 0 Å². The molecule has 0 aromatic carbocycles. The molecule has 2 rings (SSSR count). The van der Waals surface area contributed by atoms with Gasteiger partial charge in [-0.1, -0.05) is 62.8 Å². The first-order chi connectivity index (χ1) is 7.34. The van der Waals surface area contributed by atoms with Gasteiger partial charge >= 0.3 is 0 Å². The third-order valence-electron chi connectivity index (χ3n) is 3.95. The minimum absolute atomic E-state index is 0.774. The highest BCUT2D eigenvalue weighted by Gasteiger charge is 2.14. The van der Waals surface area contributed by atoms with Crippen molar-refractivity contribution in [1.29, 1.82) is 0 Å². The summed E-state index contributed by atoms with van der Waals surface area (Å²) >= 11 is 0. The Bertz CT molecular complexity index is 241. The minimum atomic E-state index is 0.774. The van der Waals surface area contributed by atoms with Gasteiger partial charge in [-0.15, -0.1) is 0 Å². The molecule has 0 nitrogen and oxygen atoms in total. The summed E-state index contributed by atoms with van der Waals surface area (Å²) in [6.07, 6.45) is 18.5. The van der Waals surface area contributed by atoms with Crippen LogP contribution in [0.25, 0.3) is 0 Å². The molecule has 0 saturated heterocycles. The molecule has 1 atom stereocenters. The Morgan fingerprint density at radius 1 is 1.20 bits per heavy atom. The van der Waals surface area contributed by atoms with Crippen molar-refractivity contribution in [2.24, 2.45) is 11.8 Å². The van der Waals surface area contributed by atoms with E-state index in [1.807, 2.05) is 0 Å². The molecular weight excluding hydrogens is 180 g/mol. The van der Waals surface area contributed by atoms with E-state index in [0.29, 0.717) is 0 Å². The molecule has 0 amide bonds.